The van der Waals surface area contributed by atoms with E-state index in [2.05, 4.69) is 15.3 Å². The summed E-state index contributed by atoms with van der Waals surface area (Å²) in [5.41, 5.74) is 6.70. The minimum atomic E-state index is -0.317. The number of carbonyl (C=O) groups is 1. The van der Waals surface area contributed by atoms with Gasteiger partial charge in [-0.15, -0.1) is 0 Å². The molecule has 5 nitrogen and oxygen atoms in total. The topological polar surface area (TPSA) is 64.1 Å². The van der Waals surface area contributed by atoms with Crippen LogP contribution in [0.5, 0.6) is 5.88 Å². The summed E-state index contributed by atoms with van der Waals surface area (Å²) in [4.78, 5) is 22.1. The lowest BCUT2D eigenvalue weighted by Crippen LogP contribution is -2.17. The summed E-state index contributed by atoms with van der Waals surface area (Å²) in [6.45, 7) is 10.5. The van der Waals surface area contributed by atoms with Crippen LogP contribution in [0.4, 0.5) is 5.69 Å². The van der Waals surface area contributed by atoms with E-state index < -0.39 is 0 Å². The molecule has 1 N–H and O–H groups in total. The van der Waals surface area contributed by atoms with E-state index in [4.69, 9.17) is 4.74 Å². The van der Waals surface area contributed by atoms with Crippen LogP contribution >= 0.6 is 0 Å². The molecule has 0 saturated heterocycles. The maximum absolute atomic E-state index is 13.0. The maximum atomic E-state index is 13.0. The van der Waals surface area contributed by atoms with Gasteiger partial charge < -0.3 is 10.1 Å². The third-order valence-electron chi connectivity index (χ3n) is 4.55. The number of anilines is 1. The van der Waals surface area contributed by atoms with Crippen LogP contribution in [0.15, 0.2) is 30.3 Å². The average molecular weight is 363 g/mol. The predicted octanol–water partition coefficient (Wildman–Crippen LogP) is 4.90. The van der Waals surface area contributed by atoms with Crippen LogP contribution in [0.25, 0.3) is 11.0 Å². The van der Waals surface area contributed by atoms with Crippen LogP contribution in [-0.4, -0.2) is 22.5 Å². The van der Waals surface area contributed by atoms with E-state index in [0.29, 0.717) is 12.1 Å². The number of rotatable bonds is 5. The molecule has 0 unspecified atom stereocenters. The molecule has 1 amide bonds. The molecule has 1 heterocycles. The molecule has 0 atom stereocenters. The summed E-state index contributed by atoms with van der Waals surface area (Å²) < 4.78 is 5.74. The molecule has 0 aliphatic heterocycles. The van der Waals surface area contributed by atoms with Gasteiger partial charge in [-0.05, 0) is 74.6 Å². The van der Waals surface area contributed by atoms with E-state index in [-0.39, 0.29) is 17.5 Å². The molecule has 5 heteroatoms. The van der Waals surface area contributed by atoms with Crippen molar-refractivity contribution in [1.82, 2.24) is 9.97 Å². The van der Waals surface area contributed by atoms with Crippen LogP contribution < -0.4 is 10.1 Å². The highest BCUT2D eigenvalue weighted by atomic mass is 16.5. The Morgan fingerprint density at radius 2 is 1.63 bits per heavy atom. The average Bonchev–Trinajstić information content (AvgIpc) is 2.63. The zero-order valence-corrected chi connectivity index (χ0v) is 16.5. The highest BCUT2D eigenvalue weighted by Crippen LogP contribution is 2.24. The number of ether oxygens (including phenoxy) is 1. The summed E-state index contributed by atoms with van der Waals surface area (Å²) in [5, 5.41) is 2.95. The van der Waals surface area contributed by atoms with Crippen molar-refractivity contribution in [3.63, 3.8) is 0 Å². The summed E-state index contributed by atoms with van der Waals surface area (Å²) in [7, 11) is 0. The Morgan fingerprint density at radius 1 is 0.963 bits per heavy atom. The molecule has 0 bridgehead atoms. The van der Waals surface area contributed by atoms with Gasteiger partial charge in [0.1, 0.15) is 0 Å². The molecule has 0 aliphatic carbocycles. The third-order valence-corrected chi connectivity index (χ3v) is 4.55. The fraction of sp³-hybridized carbons (Fsp3) is 0.318. The number of aromatic nitrogens is 2. The van der Waals surface area contributed by atoms with E-state index in [9.17, 15) is 4.79 Å². The molecule has 0 aliphatic rings. The van der Waals surface area contributed by atoms with Crippen molar-refractivity contribution in [2.75, 3.05) is 11.9 Å². The lowest BCUT2D eigenvalue weighted by atomic mass is 10.1. The molecular formula is C22H25N3O2. The van der Waals surface area contributed by atoms with Crippen molar-refractivity contribution < 1.29 is 9.53 Å². The van der Waals surface area contributed by atoms with Crippen LogP contribution in [-0.2, 0) is 0 Å². The lowest BCUT2D eigenvalue weighted by Gasteiger charge is -2.13. The first-order valence-electron chi connectivity index (χ1n) is 9.19. The minimum Gasteiger partial charge on any atom is -0.476 e. The Morgan fingerprint density at radius 3 is 2.30 bits per heavy atom. The second-order valence-electron chi connectivity index (χ2n) is 6.92. The highest BCUT2D eigenvalue weighted by molar-refractivity contribution is 6.05. The SMILES string of the molecule is CCCOc1nc2cc(C)c(C)cc2nc1C(=O)Nc1cc(C)ccc1C. The van der Waals surface area contributed by atoms with Gasteiger partial charge in [0.2, 0.25) is 5.88 Å². The Labute approximate surface area is 159 Å². The molecular weight excluding hydrogens is 338 g/mol. The molecule has 3 aromatic rings. The van der Waals surface area contributed by atoms with Gasteiger partial charge in [-0.3, -0.25) is 4.79 Å². The number of benzene rings is 2. The lowest BCUT2D eigenvalue weighted by molar-refractivity contribution is 0.101. The zero-order chi connectivity index (χ0) is 19.6. The Hall–Kier alpha value is -2.95. The van der Waals surface area contributed by atoms with E-state index in [0.717, 1.165) is 39.9 Å². The third kappa shape index (κ3) is 4.08. The molecule has 2 aromatic carbocycles. The second-order valence-corrected chi connectivity index (χ2v) is 6.92. The normalized spacial score (nSPS) is 10.9. The van der Waals surface area contributed by atoms with E-state index >= 15 is 0 Å². The van der Waals surface area contributed by atoms with Gasteiger partial charge in [-0.1, -0.05) is 19.1 Å². The van der Waals surface area contributed by atoms with Crippen LogP contribution in [0.1, 0.15) is 46.1 Å². The highest BCUT2D eigenvalue weighted by Gasteiger charge is 2.19. The number of carbonyl (C=O) groups excluding carboxylic acids is 1. The quantitative estimate of drug-likeness (QED) is 0.700. The monoisotopic (exact) mass is 363 g/mol. The Balaban J connectivity index is 2.05. The van der Waals surface area contributed by atoms with Crippen molar-refractivity contribution in [3.05, 3.63) is 58.3 Å². The first-order chi connectivity index (χ1) is 12.9. The first-order valence-corrected chi connectivity index (χ1v) is 9.19. The van der Waals surface area contributed by atoms with Crippen molar-refractivity contribution in [2.45, 2.75) is 41.0 Å². The molecule has 0 spiro atoms. The number of nitrogens with zero attached hydrogens (tertiary/aromatic N) is 2. The van der Waals surface area contributed by atoms with Crippen LogP contribution in [0, 0.1) is 27.7 Å². The molecule has 1 aromatic heterocycles. The number of amides is 1. The largest absolute Gasteiger partial charge is 0.476 e. The van der Waals surface area contributed by atoms with E-state index in [1.807, 2.05) is 65.0 Å². The van der Waals surface area contributed by atoms with Gasteiger partial charge in [0, 0.05) is 5.69 Å². The van der Waals surface area contributed by atoms with Crippen LogP contribution in [0.2, 0.25) is 0 Å². The second kappa shape index (κ2) is 7.74. The summed E-state index contributed by atoms with van der Waals surface area (Å²) in [6.07, 6.45) is 0.824. The number of hydrogen-bond donors (Lipinski definition) is 1. The zero-order valence-electron chi connectivity index (χ0n) is 16.5. The smallest absolute Gasteiger partial charge is 0.279 e. The fourth-order valence-electron chi connectivity index (χ4n) is 2.79. The minimum absolute atomic E-state index is 0.208. The predicted molar refractivity (Wildman–Crippen MR) is 109 cm³/mol. The van der Waals surface area contributed by atoms with Gasteiger partial charge >= 0.3 is 0 Å². The van der Waals surface area contributed by atoms with Crippen LogP contribution in [0.3, 0.4) is 0 Å². The van der Waals surface area contributed by atoms with E-state index in [1.54, 1.807) is 0 Å². The van der Waals surface area contributed by atoms with Gasteiger partial charge in [-0.25, -0.2) is 9.97 Å². The fourth-order valence-corrected chi connectivity index (χ4v) is 2.79. The van der Waals surface area contributed by atoms with Crippen molar-refractivity contribution in [3.8, 4) is 5.88 Å². The van der Waals surface area contributed by atoms with Crippen molar-refractivity contribution in [1.29, 1.82) is 0 Å². The Kier molecular flexibility index (Phi) is 5.40. The molecule has 0 fully saturated rings. The van der Waals surface area contributed by atoms with Gasteiger partial charge in [0.15, 0.2) is 5.69 Å². The van der Waals surface area contributed by atoms with Gasteiger partial charge in [0.05, 0.1) is 17.6 Å². The number of nitrogens with one attached hydrogen (secondary N) is 1. The molecule has 27 heavy (non-hydrogen) atoms. The van der Waals surface area contributed by atoms with Crippen molar-refractivity contribution >= 4 is 22.6 Å². The molecule has 0 radical (unpaired) electrons. The Bertz CT molecular complexity index is 1010. The van der Waals surface area contributed by atoms with Gasteiger partial charge in [-0.2, -0.15) is 0 Å². The first kappa shape index (κ1) is 18.8. The van der Waals surface area contributed by atoms with E-state index in [1.165, 1.54) is 0 Å². The standard InChI is InChI=1S/C22H25N3O2/c1-6-9-27-22-20(21(26)24-17-10-13(2)7-8-14(17)3)23-18-11-15(4)16(5)12-19(18)25-22/h7-8,10-12H,6,9H2,1-5H3,(H,24,26). The summed E-state index contributed by atoms with van der Waals surface area (Å²) in [6, 6.07) is 9.87. The summed E-state index contributed by atoms with van der Waals surface area (Å²) in [5.74, 6) is -0.0437. The number of fused-ring (bicyclic) bond motifs is 1. The molecule has 3 rings (SSSR count). The number of aryl methyl sites for hydroxylation is 4. The molecule has 140 valence electrons. The summed E-state index contributed by atoms with van der Waals surface area (Å²) >= 11 is 0. The molecule has 0 saturated carbocycles. The van der Waals surface area contributed by atoms with Crippen molar-refractivity contribution in [2.24, 2.45) is 0 Å². The van der Waals surface area contributed by atoms with Gasteiger partial charge in [0.25, 0.3) is 5.91 Å². The number of hydrogen-bond acceptors (Lipinski definition) is 4. The maximum Gasteiger partial charge on any atom is 0.279 e.